The van der Waals surface area contributed by atoms with Crippen molar-refractivity contribution in [3.05, 3.63) is 28.3 Å². The zero-order valence-electron chi connectivity index (χ0n) is 10.7. The van der Waals surface area contributed by atoms with Gasteiger partial charge in [0, 0.05) is 5.56 Å². The van der Waals surface area contributed by atoms with Gasteiger partial charge in [-0.3, -0.25) is 4.79 Å². The number of hydrogen-bond donors (Lipinski definition) is 0. The van der Waals surface area contributed by atoms with Gasteiger partial charge in [0.05, 0.1) is 10.6 Å². The third kappa shape index (κ3) is 3.68. The highest BCUT2D eigenvalue weighted by Crippen LogP contribution is 2.54. The van der Waals surface area contributed by atoms with E-state index in [-0.39, 0.29) is 6.07 Å². The molecule has 0 bridgehead atoms. The summed E-state index contributed by atoms with van der Waals surface area (Å²) < 4.78 is 129. The third-order valence-electron chi connectivity index (χ3n) is 2.61. The highest BCUT2D eigenvalue weighted by Gasteiger charge is 2.73. The van der Waals surface area contributed by atoms with Crippen LogP contribution in [0.4, 0.5) is 43.9 Å². The van der Waals surface area contributed by atoms with Crippen molar-refractivity contribution in [1.82, 2.24) is 0 Å². The van der Waals surface area contributed by atoms with Crippen LogP contribution in [0.2, 0.25) is 5.02 Å². The molecule has 0 aromatic heterocycles. The summed E-state index contributed by atoms with van der Waals surface area (Å²) in [4.78, 5) is 10.6. The highest BCUT2D eigenvalue weighted by molar-refractivity contribution is 6.33. The summed E-state index contributed by atoms with van der Waals surface area (Å²) in [6.07, 6.45) is -19.1. The number of benzene rings is 1. The molecule has 0 unspecified atom stereocenters. The van der Waals surface area contributed by atoms with Gasteiger partial charge in [0.25, 0.3) is 0 Å². The quantitative estimate of drug-likeness (QED) is 0.513. The molecular weight excluding hydrogens is 390 g/mol. The zero-order chi connectivity index (χ0) is 19.1. The van der Waals surface area contributed by atoms with Crippen LogP contribution in [0.1, 0.15) is 15.9 Å². The van der Waals surface area contributed by atoms with Crippen LogP contribution in [0.15, 0.2) is 12.1 Å². The number of carbonyl (C=O) groups excluding carboxylic acids is 1. The van der Waals surface area contributed by atoms with Gasteiger partial charge in [0.2, 0.25) is 0 Å². The van der Waals surface area contributed by atoms with E-state index in [1.165, 1.54) is 0 Å². The van der Waals surface area contributed by atoms with Gasteiger partial charge in [-0.1, -0.05) is 11.6 Å². The van der Waals surface area contributed by atoms with Crippen LogP contribution in [-0.2, 0) is 5.67 Å². The Morgan fingerprint density at radius 1 is 0.875 bits per heavy atom. The molecule has 1 rings (SSSR count). The molecule has 0 aliphatic rings. The van der Waals surface area contributed by atoms with E-state index in [2.05, 4.69) is 4.74 Å². The van der Waals surface area contributed by atoms with E-state index in [9.17, 15) is 48.7 Å². The lowest BCUT2D eigenvalue weighted by molar-refractivity contribution is -0.348. The summed E-state index contributed by atoms with van der Waals surface area (Å²) in [5, 5.41) is -1.29. The number of ether oxygens (including phenoxy) is 1. The summed E-state index contributed by atoms with van der Waals surface area (Å²) in [7, 11) is 0. The van der Waals surface area contributed by atoms with Crippen LogP contribution in [0.3, 0.4) is 0 Å². The standard InChI is InChI=1S/C11H3ClF10O2/c12-6-1-4(8(13,9(14,15)16)10(17,18)19)2-7(5(6)3-23)24-11(20,21)22/h1-3H. The van der Waals surface area contributed by atoms with E-state index in [0.717, 1.165) is 0 Å². The summed E-state index contributed by atoms with van der Waals surface area (Å²) in [5.74, 6) is -1.81. The topological polar surface area (TPSA) is 26.3 Å². The van der Waals surface area contributed by atoms with Crippen LogP contribution in [0, 0.1) is 0 Å². The second kappa shape index (κ2) is 5.97. The van der Waals surface area contributed by atoms with Gasteiger partial charge in [-0.25, -0.2) is 4.39 Å². The number of alkyl halides is 10. The van der Waals surface area contributed by atoms with E-state index >= 15 is 0 Å². The molecule has 1 aromatic carbocycles. The van der Waals surface area contributed by atoms with Crippen LogP contribution in [0.25, 0.3) is 0 Å². The molecule has 0 radical (unpaired) electrons. The Morgan fingerprint density at radius 3 is 1.67 bits per heavy atom. The van der Waals surface area contributed by atoms with Crippen molar-refractivity contribution in [2.24, 2.45) is 0 Å². The zero-order valence-corrected chi connectivity index (χ0v) is 11.5. The van der Waals surface area contributed by atoms with Gasteiger partial charge < -0.3 is 4.74 Å². The molecule has 13 heteroatoms. The molecule has 0 aliphatic heterocycles. The van der Waals surface area contributed by atoms with Crippen molar-refractivity contribution in [2.45, 2.75) is 24.4 Å². The SMILES string of the molecule is O=Cc1c(Cl)cc(C(F)(C(F)(F)F)C(F)(F)F)cc1OC(F)(F)F. The molecule has 0 aliphatic carbocycles. The largest absolute Gasteiger partial charge is 0.573 e. The summed E-state index contributed by atoms with van der Waals surface area (Å²) >= 11 is 5.19. The molecule has 0 fully saturated rings. The van der Waals surface area contributed by atoms with E-state index in [1.54, 1.807) is 0 Å². The van der Waals surface area contributed by atoms with Crippen molar-refractivity contribution in [3.63, 3.8) is 0 Å². The van der Waals surface area contributed by atoms with Crippen LogP contribution in [-0.4, -0.2) is 25.0 Å². The molecule has 0 amide bonds. The van der Waals surface area contributed by atoms with Gasteiger partial charge in [-0.15, -0.1) is 13.2 Å². The van der Waals surface area contributed by atoms with Gasteiger partial charge in [0.1, 0.15) is 5.75 Å². The maximum atomic E-state index is 13.8. The summed E-state index contributed by atoms with van der Waals surface area (Å²) in [6.45, 7) is 0. The smallest absolute Gasteiger partial charge is 0.405 e. The molecule has 0 spiro atoms. The second-order valence-electron chi connectivity index (χ2n) is 4.19. The Balaban J connectivity index is 3.73. The molecule has 0 saturated heterocycles. The maximum Gasteiger partial charge on any atom is 0.573 e. The normalized spacial score (nSPS) is 13.8. The van der Waals surface area contributed by atoms with Crippen molar-refractivity contribution in [2.75, 3.05) is 0 Å². The molecule has 1 aromatic rings. The first-order valence-corrected chi connectivity index (χ1v) is 5.79. The maximum absolute atomic E-state index is 13.8. The van der Waals surface area contributed by atoms with E-state index < -0.39 is 58.6 Å². The average Bonchev–Trinajstić information content (AvgIpc) is 2.32. The molecule has 0 atom stereocenters. The number of aldehydes is 1. The number of hydrogen-bond acceptors (Lipinski definition) is 2. The van der Waals surface area contributed by atoms with Crippen molar-refractivity contribution < 1.29 is 53.4 Å². The van der Waals surface area contributed by atoms with E-state index in [1.807, 2.05) is 0 Å². The van der Waals surface area contributed by atoms with Crippen molar-refractivity contribution in [3.8, 4) is 5.75 Å². The first-order chi connectivity index (χ1) is 10.5. The number of rotatable bonds is 3. The summed E-state index contributed by atoms with van der Waals surface area (Å²) in [5.41, 5.74) is -9.56. The first kappa shape index (κ1) is 20.3. The fourth-order valence-corrected chi connectivity index (χ4v) is 1.86. The number of halogens is 11. The first-order valence-electron chi connectivity index (χ1n) is 5.42. The molecular formula is C11H3ClF10O2. The molecule has 24 heavy (non-hydrogen) atoms. The van der Waals surface area contributed by atoms with Crippen LogP contribution in [0.5, 0.6) is 5.75 Å². The molecule has 0 saturated carbocycles. The monoisotopic (exact) mass is 392 g/mol. The molecule has 136 valence electrons. The highest BCUT2D eigenvalue weighted by atomic mass is 35.5. The summed E-state index contributed by atoms with van der Waals surface area (Å²) in [6, 6.07) is -0.792. The minimum absolute atomic E-state index is 0.254. The van der Waals surface area contributed by atoms with Crippen LogP contribution < -0.4 is 4.74 Å². The van der Waals surface area contributed by atoms with E-state index in [4.69, 9.17) is 11.6 Å². The van der Waals surface area contributed by atoms with Gasteiger partial charge in [0.15, 0.2) is 6.29 Å². The van der Waals surface area contributed by atoms with Gasteiger partial charge >= 0.3 is 24.4 Å². The average molecular weight is 393 g/mol. The van der Waals surface area contributed by atoms with Gasteiger partial charge in [-0.2, -0.15) is 26.3 Å². The Bertz CT molecular complexity index is 617. The predicted octanol–water partition coefficient (Wildman–Crippen LogP) is 5.34. The van der Waals surface area contributed by atoms with Gasteiger partial charge in [-0.05, 0) is 12.1 Å². The lowest BCUT2D eigenvalue weighted by atomic mass is 9.93. The molecule has 2 nitrogen and oxygen atoms in total. The lowest BCUT2D eigenvalue weighted by Crippen LogP contribution is -2.50. The van der Waals surface area contributed by atoms with E-state index in [0.29, 0.717) is 0 Å². The second-order valence-corrected chi connectivity index (χ2v) is 4.60. The number of carbonyl (C=O) groups is 1. The molecule has 0 heterocycles. The van der Waals surface area contributed by atoms with Crippen molar-refractivity contribution >= 4 is 17.9 Å². The Hall–Kier alpha value is -1.72. The minimum atomic E-state index is -6.58. The van der Waals surface area contributed by atoms with Crippen molar-refractivity contribution in [1.29, 1.82) is 0 Å². The predicted molar refractivity (Wildman–Crippen MR) is 58.4 cm³/mol. The Kier molecular flexibility index (Phi) is 5.06. The Labute approximate surface area is 130 Å². The van der Waals surface area contributed by atoms with Crippen LogP contribution >= 0.6 is 11.6 Å². The minimum Gasteiger partial charge on any atom is -0.405 e. The fraction of sp³-hybridized carbons (Fsp3) is 0.364. The fourth-order valence-electron chi connectivity index (χ4n) is 1.60. The Morgan fingerprint density at radius 2 is 1.33 bits per heavy atom. The molecule has 0 N–H and O–H groups in total. The third-order valence-corrected chi connectivity index (χ3v) is 2.93. The lowest BCUT2D eigenvalue weighted by Gasteiger charge is -2.30.